The molecular formula is C8H18N2O3. The van der Waals surface area contributed by atoms with Crippen molar-refractivity contribution < 1.29 is 14.7 Å². The fourth-order valence-corrected chi connectivity index (χ4v) is 0.535. The van der Waals surface area contributed by atoms with E-state index in [1.165, 1.54) is 7.05 Å². The van der Waals surface area contributed by atoms with Gasteiger partial charge in [-0.15, -0.1) is 0 Å². The molecule has 0 unspecified atom stereocenters. The van der Waals surface area contributed by atoms with Crippen molar-refractivity contribution in [2.24, 2.45) is 5.73 Å². The molecule has 0 saturated heterocycles. The van der Waals surface area contributed by atoms with E-state index in [0.717, 1.165) is 0 Å². The van der Waals surface area contributed by atoms with E-state index < -0.39 is 12.0 Å². The second-order valence-electron chi connectivity index (χ2n) is 2.16. The summed E-state index contributed by atoms with van der Waals surface area (Å²) in [6.07, 6.45) is 0.332. The van der Waals surface area contributed by atoms with E-state index in [2.05, 4.69) is 5.32 Å². The van der Waals surface area contributed by atoms with Gasteiger partial charge in [0.15, 0.2) is 0 Å². The van der Waals surface area contributed by atoms with Crippen LogP contribution in [0, 0.1) is 0 Å². The van der Waals surface area contributed by atoms with Crippen molar-refractivity contribution in [1.82, 2.24) is 5.32 Å². The Hall–Kier alpha value is -1.10. The number of amides is 1. The van der Waals surface area contributed by atoms with E-state index >= 15 is 0 Å². The van der Waals surface area contributed by atoms with Crippen molar-refractivity contribution in [2.45, 2.75) is 32.7 Å². The van der Waals surface area contributed by atoms with Crippen LogP contribution in [0.3, 0.4) is 0 Å². The van der Waals surface area contributed by atoms with Crippen molar-refractivity contribution in [2.75, 3.05) is 7.05 Å². The van der Waals surface area contributed by atoms with Crippen LogP contribution >= 0.6 is 0 Å². The molecule has 0 aromatic heterocycles. The number of carboxylic acids is 1. The Morgan fingerprint density at radius 2 is 1.92 bits per heavy atom. The third-order valence-electron chi connectivity index (χ3n) is 1.28. The van der Waals surface area contributed by atoms with Crippen molar-refractivity contribution >= 4 is 11.9 Å². The van der Waals surface area contributed by atoms with E-state index in [9.17, 15) is 9.59 Å². The highest BCUT2D eigenvalue weighted by Gasteiger charge is 2.12. The van der Waals surface area contributed by atoms with Gasteiger partial charge in [-0.05, 0) is 6.42 Å². The molecule has 0 aromatic rings. The first kappa shape index (κ1) is 14.4. The van der Waals surface area contributed by atoms with Gasteiger partial charge in [0.1, 0.15) is 6.04 Å². The Morgan fingerprint density at radius 3 is 2.23 bits per heavy atom. The Balaban J connectivity index is 0. The van der Waals surface area contributed by atoms with Gasteiger partial charge in [-0.25, -0.2) is 0 Å². The summed E-state index contributed by atoms with van der Waals surface area (Å²) in [5.41, 5.74) is 5.14. The molecule has 4 N–H and O–H groups in total. The number of carboxylic acid groups (broad SMARTS) is 1. The maximum Gasteiger partial charge on any atom is 0.320 e. The highest BCUT2D eigenvalue weighted by atomic mass is 16.4. The van der Waals surface area contributed by atoms with Gasteiger partial charge in [0.25, 0.3) is 0 Å². The Morgan fingerprint density at radius 1 is 1.46 bits per heavy atom. The minimum Gasteiger partial charge on any atom is -0.480 e. The predicted molar refractivity (Wildman–Crippen MR) is 50.3 cm³/mol. The lowest BCUT2D eigenvalue weighted by Crippen LogP contribution is -2.31. The van der Waals surface area contributed by atoms with Crippen molar-refractivity contribution in [3.05, 3.63) is 0 Å². The summed E-state index contributed by atoms with van der Waals surface area (Å²) in [6.45, 7) is 4.00. The molecule has 0 aliphatic heterocycles. The van der Waals surface area contributed by atoms with Crippen LogP contribution in [0.2, 0.25) is 0 Å². The largest absolute Gasteiger partial charge is 0.480 e. The topological polar surface area (TPSA) is 92.4 Å². The molecule has 0 heterocycles. The summed E-state index contributed by atoms with van der Waals surface area (Å²) in [5.74, 6) is -1.27. The van der Waals surface area contributed by atoms with E-state index in [0.29, 0.717) is 0 Å². The van der Waals surface area contributed by atoms with Gasteiger partial charge in [0.2, 0.25) is 5.91 Å². The molecule has 0 spiro atoms. The average molecular weight is 190 g/mol. The Bertz CT molecular complexity index is 159. The van der Waals surface area contributed by atoms with E-state index in [1.54, 1.807) is 0 Å². The zero-order chi connectivity index (χ0) is 10.9. The maximum absolute atomic E-state index is 10.6. The minimum atomic E-state index is -1.08. The number of nitrogens with one attached hydrogen (secondary N) is 1. The maximum atomic E-state index is 10.6. The predicted octanol–water partition coefficient (Wildman–Crippen LogP) is -0.0493. The zero-order valence-corrected chi connectivity index (χ0v) is 8.33. The molecule has 0 radical (unpaired) electrons. The lowest BCUT2D eigenvalue weighted by Gasteiger charge is -2.03. The summed E-state index contributed by atoms with van der Waals surface area (Å²) < 4.78 is 0. The quantitative estimate of drug-likeness (QED) is 0.579. The van der Waals surface area contributed by atoms with Gasteiger partial charge in [-0.2, -0.15) is 0 Å². The molecular weight excluding hydrogens is 172 g/mol. The molecule has 0 bridgehead atoms. The highest BCUT2D eigenvalue weighted by molar-refractivity contribution is 5.78. The lowest BCUT2D eigenvalue weighted by molar-refractivity contribution is -0.138. The molecule has 0 aliphatic rings. The van der Waals surface area contributed by atoms with Crippen LogP contribution in [-0.2, 0) is 9.59 Å². The highest BCUT2D eigenvalue weighted by Crippen LogP contribution is 1.93. The summed E-state index contributed by atoms with van der Waals surface area (Å²) in [5, 5.41) is 10.7. The fourth-order valence-electron chi connectivity index (χ4n) is 0.535. The molecule has 0 aliphatic carbocycles. The summed E-state index contributed by atoms with van der Waals surface area (Å²) in [6, 6.07) is -0.938. The minimum absolute atomic E-state index is 0.157. The van der Waals surface area contributed by atoms with Gasteiger partial charge in [0.05, 0.1) is 0 Å². The number of aliphatic carboxylic acids is 1. The number of carbonyl (C=O) groups is 2. The second-order valence-corrected chi connectivity index (χ2v) is 2.16. The Labute approximate surface area is 78.3 Å². The van der Waals surface area contributed by atoms with E-state index in [-0.39, 0.29) is 18.7 Å². The van der Waals surface area contributed by atoms with Crippen molar-refractivity contribution in [1.29, 1.82) is 0 Å². The van der Waals surface area contributed by atoms with Crippen LogP contribution in [0.5, 0.6) is 0 Å². The first-order valence-electron chi connectivity index (χ1n) is 4.27. The first-order valence-corrected chi connectivity index (χ1v) is 4.27. The normalized spacial score (nSPS) is 10.8. The molecule has 5 heteroatoms. The standard InChI is InChI=1S/C6H12N2O3.C2H6/c1-8-5(9)3-2-4(7)6(10)11;1-2/h4H,2-3,7H2,1H3,(H,8,9)(H,10,11);1-2H3/t4-;/m0./s1. The number of rotatable bonds is 4. The summed E-state index contributed by atoms with van der Waals surface area (Å²) >= 11 is 0. The van der Waals surface area contributed by atoms with Gasteiger partial charge >= 0.3 is 5.97 Å². The van der Waals surface area contributed by atoms with Crippen LogP contribution in [-0.4, -0.2) is 30.1 Å². The summed E-state index contributed by atoms with van der Waals surface area (Å²) in [4.78, 5) is 20.7. The summed E-state index contributed by atoms with van der Waals surface area (Å²) in [7, 11) is 1.49. The van der Waals surface area contributed by atoms with Gasteiger partial charge in [0, 0.05) is 13.5 Å². The molecule has 1 amide bonds. The number of hydrogen-bond donors (Lipinski definition) is 3. The molecule has 78 valence electrons. The van der Waals surface area contributed by atoms with Crippen molar-refractivity contribution in [3.8, 4) is 0 Å². The number of nitrogens with two attached hydrogens (primary N) is 1. The van der Waals surface area contributed by atoms with Gasteiger partial charge < -0.3 is 16.2 Å². The molecule has 0 saturated carbocycles. The number of hydrogen-bond acceptors (Lipinski definition) is 3. The molecule has 1 atom stereocenters. The zero-order valence-electron chi connectivity index (χ0n) is 8.33. The average Bonchev–Trinajstić information content (AvgIpc) is 2.16. The molecule has 13 heavy (non-hydrogen) atoms. The molecule has 5 nitrogen and oxygen atoms in total. The SMILES string of the molecule is CC.CNC(=O)CC[C@H](N)C(=O)O. The second kappa shape index (κ2) is 8.99. The van der Waals surface area contributed by atoms with Gasteiger partial charge in [-0.3, -0.25) is 9.59 Å². The van der Waals surface area contributed by atoms with Crippen molar-refractivity contribution in [3.63, 3.8) is 0 Å². The monoisotopic (exact) mass is 190 g/mol. The number of carbonyl (C=O) groups excluding carboxylic acids is 1. The van der Waals surface area contributed by atoms with E-state index in [4.69, 9.17) is 10.8 Å². The fraction of sp³-hybridized carbons (Fsp3) is 0.750. The third-order valence-corrected chi connectivity index (χ3v) is 1.28. The molecule has 0 aromatic carbocycles. The molecule has 0 fully saturated rings. The Kier molecular flexibility index (Phi) is 9.98. The first-order chi connectivity index (χ1) is 6.07. The van der Waals surface area contributed by atoms with Crippen LogP contribution in [0.25, 0.3) is 0 Å². The third kappa shape index (κ3) is 8.81. The molecule has 0 rings (SSSR count). The van der Waals surface area contributed by atoms with Crippen LogP contribution in [0.1, 0.15) is 26.7 Å². The van der Waals surface area contributed by atoms with Crippen LogP contribution in [0.15, 0.2) is 0 Å². The lowest BCUT2D eigenvalue weighted by atomic mass is 10.1. The van der Waals surface area contributed by atoms with Gasteiger partial charge in [-0.1, -0.05) is 13.8 Å². The van der Waals surface area contributed by atoms with E-state index in [1.807, 2.05) is 13.8 Å². The van der Waals surface area contributed by atoms with Crippen LogP contribution in [0.4, 0.5) is 0 Å². The smallest absolute Gasteiger partial charge is 0.320 e. The van der Waals surface area contributed by atoms with Crippen LogP contribution < -0.4 is 11.1 Å².